The molecule has 0 aromatic heterocycles. The van der Waals surface area contributed by atoms with E-state index in [1.54, 1.807) is 0 Å². The summed E-state index contributed by atoms with van der Waals surface area (Å²) in [4.78, 5) is 11.3. The van der Waals surface area contributed by atoms with Gasteiger partial charge < -0.3 is 0 Å². The van der Waals surface area contributed by atoms with Crippen molar-refractivity contribution < 1.29 is 4.79 Å². The Balaban J connectivity index is 2.83. The van der Waals surface area contributed by atoms with Crippen molar-refractivity contribution in [2.45, 2.75) is 13.3 Å². The third-order valence-electron chi connectivity index (χ3n) is 1.83. The van der Waals surface area contributed by atoms with E-state index in [0.29, 0.717) is 11.8 Å². The highest BCUT2D eigenvalue weighted by molar-refractivity contribution is 9.09. The lowest BCUT2D eigenvalue weighted by atomic mass is 10.1. The summed E-state index contributed by atoms with van der Waals surface area (Å²) < 4.78 is 0. The molecule has 0 heterocycles. The molecule has 0 saturated heterocycles. The Morgan fingerprint density at radius 3 is 2.50 bits per heavy atom. The molecule has 0 N–H and O–H groups in total. The number of alkyl halides is 1. The fourth-order valence-corrected chi connectivity index (χ4v) is 1.22. The van der Waals surface area contributed by atoms with E-state index >= 15 is 0 Å². The topological polar surface area (TPSA) is 17.1 Å². The molecular formula is C12H11BrO. The molecule has 0 saturated carbocycles. The van der Waals surface area contributed by atoms with Crippen LogP contribution in [-0.4, -0.2) is 11.1 Å². The van der Waals surface area contributed by atoms with Crippen molar-refractivity contribution in [1.82, 2.24) is 0 Å². The van der Waals surface area contributed by atoms with Gasteiger partial charge in [0, 0.05) is 17.5 Å². The first-order valence-electron chi connectivity index (χ1n) is 4.46. The van der Waals surface area contributed by atoms with Crippen molar-refractivity contribution >= 4 is 21.7 Å². The quantitative estimate of drug-likeness (QED) is 0.448. The molecule has 0 aliphatic carbocycles. The number of hydrogen-bond donors (Lipinski definition) is 0. The number of benzene rings is 1. The minimum absolute atomic E-state index is 0.171. The normalized spacial score (nSPS) is 9.00. The number of carbonyl (C=O) groups is 1. The SMILES string of the molecule is CCC(=O)c1ccc(C#CCBr)cc1. The van der Waals surface area contributed by atoms with Crippen LogP contribution in [0.1, 0.15) is 29.3 Å². The number of halogens is 1. The number of carbonyl (C=O) groups excluding carboxylic acids is 1. The number of hydrogen-bond acceptors (Lipinski definition) is 1. The second-order valence-electron chi connectivity index (χ2n) is 2.79. The zero-order valence-corrected chi connectivity index (χ0v) is 9.60. The van der Waals surface area contributed by atoms with Crippen LogP contribution in [0.2, 0.25) is 0 Å². The summed E-state index contributed by atoms with van der Waals surface area (Å²) in [6, 6.07) is 7.39. The Morgan fingerprint density at radius 1 is 1.36 bits per heavy atom. The van der Waals surface area contributed by atoms with Gasteiger partial charge in [-0.2, -0.15) is 0 Å². The lowest BCUT2D eigenvalue weighted by molar-refractivity contribution is 0.0988. The number of rotatable bonds is 2. The van der Waals surface area contributed by atoms with E-state index in [1.165, 1.54) is 0 Å². The van der Waals surface area contributed by atoms with E-state index in [9.17, 15) is 4.79 Å². The second-order valence-corrected chi connectivity index (χ2v) is 3.35. The predicted molar refractivity (Wildman–Crippen MR) is 61.7 cm³/mol. The van der Waals surface area contributed by atoms with Crippen molar-refractivity contribution in [3.05, 3.63) is 35.4 Å². The van der Waals surface area contributed by atoms with Crippen LogP contribution >= 0.6 is 15.9 Å². The summed E-state index contributed by atoms with van der Waals surface area (Å²) in [6.45, 7) is 1.86. The van der Waals surface area contributed by atoms with E-state index in [0.717, 1.165) is 11.1 Å². The molecule has 2 heteroatoms. The summed E-state index contributed by atoms with van der Waals surface area (Å²) in [5.74, 6) is 6.05. The highest BCUT2D eigenvalue weighted by atomic mass is 79.9. The zero-order chi connectivity index (χ0) is 10.4. The van der Waals surface area contributed by atoms with Gasteiger partial charge in [-0.25, -0.2) is 0 Å². The highest BCUT2D eigenvalue weighted by Crippen LogP contribution is 2.05. The third kappa shape index (κ3) is 3.01. The summed E-state index contributed by atoms with van der Waals surface area (Å²) in [5.41, 5.74) is 1.70. The summed E-state index contributed by atoms with van der Waals surface area (Å²) in [7, 11) is 0. The smallest absolute Gasteiger partial charge is 0.162 e. The van der Waals surface area contributed by atoms with Gasteiger partial charge in [-0.15, -0.1) is 0 Å². The molecule has 0 spiro atoms. The summed E-state index contributed by atoms with van der Waals surface area (Å²) >= 11 is 3.23. The van der Waals surface area contributed by atoms with Gasteiger partial charge in [0.15, 0.2) is 5.78 Å². The Kier molecular flexibility index (Phi) is 4.42. The lowest BCUT2D eigenvalue weighted by Crippen LogP contribution is -1.95. The zero-order valence-electron chi connectivity index (χ0n) is 8.01. The van der Waals surface area contributed by atoms with Gasteiger partial charge in [0.05, 0.1) is 5.33 Å². The Bertz CT molecular complexity index is 368. The van der Waals surface area contributed by atoms with E-state index in [4.69, 9.17) is 0 Å². The predicted octanol–water partition coefficient (Wildman–Crippen LogP) is 3.03. The highest BCUT2D eigenvalue weighted by Gasteiger charge is 2.00. The first-order valence-corrected chi connectivity index (χ1v) is 5.58. The maximum absolute atomic E-state index is 11.3. The maximum Gasteiger partial charge on any atom is 0.162 e. The average molecular weight is 251 g/mol. The maximum atomic E-state index is 11.3. The Morgan fingerprint density at radius 2 is 2.00 bits per heavy atom. The van der Waals surface area contributed by atoms with Gasteiger partial charge in [-0.05, 0) is 12.1 Å². The third-order valence-corrected chi connectivity index (χ3v) is 2.11. The van der Waals surface area contributed by atoms with Gasteiger partial charge in [-0.3, -0.25) is 4.79 Å². The van der Waals surface area contributed by atoms with Crippen LogP contribution in [0.5, 0.6) is 0 Å². The molecule has 1 rings (SSSR count). The molecule has 0 aliphatic heterocycles. The van der Waals surface area contributed by atoms with Gasteiger partial charge in [0.2, 0.25) is 0 Å². The van der Waals surface area contributed by atoms with Crippen molar-refractivity contribution in [2.75, 3.05) is 5.33 Å². The standard InChI is InChI=1S/C12H11BrO/c1-2-12(14)11-7-5-10(6-8-11)4-3-9-13/h5-8H,2,9H2,1H3. The van der Waals surface area contributed by atoms with E-state index < -0.39 is 0 Å². The fourth-order valence-electron chi connectivity index (χ4n) is 1.08. The van der Waals surface area contributed by atoms with Gasteiger partial charge in [-0.1, -0.05) is 46.8 Å². The molecule has 14 heavy (non-hydrogen) atoms. The van der Waals surface area contributed by atoms with E-state index in [-0.39, 0.29) is 5.78 Å². The Hall–Kier alpha value is -1.07. The molecule has 0 bridgehead atoms. The Labute approximate surface area is 92.6 Å². The van der Waals surface area contributed by atoms with Crippen LogP contribution in [0.15, 0.2) is 24.3 Å². The van der Waals surface area contributed by atoms with Gasteiger partial charge >= 0.3 is 0 Å². The molecule has 0 amide bonds. The van der Waals surface area contributed by atoms with Crippen molar-refractivity contribution in [3.63, 3.8) is 0 Å². The molecular weight excluding hydrogens is 240 g/mol. The summed E-state index contributed by atoms with van der Waals surface area (Å²) in [6.07, 6.45) is 0.548. The van der Waals surface area contributed by atoms with E-state index in [2.05, 4.69) is 27.8 Å². The molecule has 0 atom stereocenters. The van der Waals surface area contributed by atoms with Gasteiger partial charge in [0.25, 0.3) is 0 Å². The van der Waals surface area contributed by atoms with Crippen LogP contribution in [0.3, 0.4) is 0 Å². The van der Waals surface area contributed by atoms with Crippen LogP contribution < -0.4 is 0 Å². The lowest BCUT2D eigenvalue weighted by Gasteiger charge is -1.96. The molecule has 0 unspecified atom stereocenters. The molecule has 1 aromatic rings. The van der Waals surface area contributed by atoms with E-state index in [1.807, 2.05) is 31.2 Å². The first-order chi connectivity index (χ1) is 6.77. The molecule has 0 fully saturated rings. The van der Waals surface area contributed by atoms with Crippen molar-refractivity contribution in [3.8, 4) is 11.8 Å². The largest absolute Gasteiger partial charge is 0.294 e. The first kappa shape index (κ1) is 11.0. The molecule has 72 valence electrons. The summed E-state index contributed by atoms with van der Waals surface area (Å²) in [5, 5.41) is 0.669. The molecule has 0 aliphatic rings. The molecule has 1 nitrogen and oxygen atoms in total. The minimum Gasteiger partial charge on any atom is -0.294 e. The molecule has 0 radical (unpaired) electrons. The molecule has 1 aromatic carbocycles. The van der Waals surface area contributed by atoms with Crippen LogP contribution in [0.4, 0.5) is 0 Å². The van der Waals surface area contributed by atoms with Crippen molar-refractivity contribution in [2.24, 2.45) is 0 Å². The van der Waals surface area contributed by atoms with Crippen LogP contribution in [0, 0.1) is 11.8 Å². The number of Topliss-reactive ketones (excluding diaryl/α,β-unsaturated/α-hetero) is 1. The van der Waals surface area contributed by atoms with Crippen LogP contribution in [0.25, 0.3) is 0 Å². The van der Waals surface area contributed by atoms with Crippen molar-refractivity contribution in [1.29, 1.82) is 0 Å². The second kappa shape index (κ2) is 5.62. The van der Waals surface area contributed by atoms with Crippen LogP contribution in [-0.2, 0) is 0 Å². The minimum atomic E-state index is 0.171. The van der Waals surface area contributed by atoms with Gasteiger partial charge in [0.1, 0.15) is 0 Å². The number of ketones is 1. The fraction of sp³-hybridized carbons (Fsp3) is 0.250. The monoisotopic (exact) mass is 250 g/mol. The average Bonchev–Trinajstić information content (AvgIpc) is 2.26.